The van der Waals surface area contributed by atoms with Crippen LogP contribution in [0.1, 0.15) is 25.7 Å². The summed E-state index contributed by atoms with van der Waals surface area (Å²) >= 11 is 0.568. The fraction of sp³-hybridized carbons (Fsp3) is 0.556. The predicted molar refractivity (Wildman–Crippen MR) is 102 cm³/mol. The quantitative estimate of drug-likeness (QED) is 0.410. The maximum Gasteiger partial charge on any atom is 0.224 e. The van der Waals surface area contributed by atoms with Gasteiger partial charge in [0.15, 0.2) is 4.90 Å². The van der Waals surface area contributed by atoms with E-state index >= 15 is 0 Å². The molecule has 0 bridgehead atoms. The minimum absolute atomic E-state index is 0.0348. The van der Waals surface area contributed by atoms with Crippen LogP contribution in [0.5, 0.6) is 0 Å². The summed E-state index contributed by atoms with van der Waals surface area (Å²) < 4.78 is 12.7. The zero-order chi connectivity index (χ0) is 18.1. The molecular formula is C18H25N3O2S2. The molecule has 0 spiro atoms. The van der Waals surface area contributed by atoms with Gasteiger partial charge in [0, 0.05) is 29.0 Å². The molecule has 1 aliphatic carbocycles. The number of amides is 1. The first kappa shape index (κ1) is 20.1. The molecule has 1 aromatic carbocycles. The van der Waals surface area contributed by atoms with Crippen LogP contribution in [0.15, 0.2) is 34.1 Å². The first-order chi connectivity index (χ1) is 12.2. The molecule has 1 fully saturated rings. The number of rotatable bonds is 8. The van der Waals surface area contributed by atoms with Crippen LogP contribution in [-0.2, 0) is 16.0 Å². The lowest BCUT2D eigenvalue weighted by molar-refractivity contribution is -0.127. The van der Waals surface area contributed by atoms with Crippen LogP contribution in [0, 0.1) is 23.2 Å². The number of benzene rings is 1. The van der Waals surface area contributed by atoms with Crippen LogP contribution in [0.25, 0.3) is 0 Å². The van der Waals surface area contributed by atoms with Crippen LogP contribution >= 0.6 is 11.8 Å². The molecule has 0 heterocycles. The van der Waals surface area contributed by atoms with E-state index in [0.717, 1.165) is 41.2 Å². The van der Waals surface area contributed by atoms with Crippen molar-refractivity contribution in [3.63, 3.8) is 0 Å². The molecule has 0 aromatic heterocycles. The van der Waals surface area contributed by atoms with Gasteiger partial charge in [0.25, 0.3) is 0 Å². The van der Waals surface area contributed by atoms with E-state index in [1.54, 1.807) is 11.8 Å². The average Bonchev–Trinajstić information content (AvgIpc) is 2.65. The molecule has 136 valence electrons. The van der Waals surface area contributed by atoms with Gasteiger partial charge in [0.05, 0.1) is 6.07 Å². The minimum atomic E-state index is -1.12. The van der Waals surface area contributed by atoms with Crippen molar-refractivity contribution < 1.29 is 9.35 Å². The molecule has 0 radical (unpaired) electrons. The molecule has 25 heavy (non-hydrogen) atoms. The minimum Gasteiger partial charge on any atom is -0.611 e. The summed E-state index contributed by atoms with van der Waals surface area (Å²) in [6, 6.07) is 9.70. The predicted octanol–water partition coefficient (Wildman–Crippen LogP) is 2.29. The summed E-state index contributed by atoms with van der Waals surface area (Å²) in [6.07, 6.45) is 3.81. The number of thioether (sulfide) groups is 1. The molecule has 3 unspecified atom stereocenters. The smallest absolute Gasteiger partial charge is 0.224 e. The third kappa shape index (κ3) is 6.23. The number of nitriles is 1. The number of carbonyl (C=O) groups is 1. The highest BCUT2D eigenvalue weighted by Gasteiger charge is 2.34. The summed E-state index contributed by atoms with van der Waals surface area (Å²) in [7, 11) is 0. The number of hydrogen-bond donors (Lipinski definition) is 2. The molecule has 0 aliphatic heterocycles. The van der Waals surface area contributed by atoms with Gasteiger partial charge in [-0.2, -0.15) is 5.26 Å². The van der Waals surface area contributed by atoms with Crippen LogP contribution < -0.4 is 11.1 Å². The number of nitrogens with one attached hydrogen (secondary N) is 1. The third-order valence-electron chi connectivity index (χ3n) is 4.43. The normalized spacial score (nSPS) is 21.3. The van der Waals surface area contributed by atoms with E-state index in [2.05, 4.69) is 5.32 Å². The van der Waals surface area contributed by atoms with Gasteiger partial charge in [-0.15, -0.1) is 11.8 Å². The standard InChI is InChI=1S/C18H25N3O2S2/c19-9-11-21-18(22)17-4-2-1-3-14(17)13-25(23)16-7-5-15(6-8-16)24-12-10-20/h5-8,14,17H,1-4,10-13,20H2,(H,21,22). The van der Waals surface area contributed by atoms with E-state index in [9.17, 15) is 9.35 Å². The molecule has 5 nitrogen and oxygen atoms in total. The van der Waals surface area contributed by atoms with Crippen molar-refractivity contribution in [2.75, 3.05) is 24.6 Å². The number of nitrogens with zero attached hydrogens (tertiary/aromatic N) is 1. The van der Waals surface area contributed by atoms with Crippen molar-refractivity contribution >= 4 is 28.8 Å². The van der Waals surface area contributed by atoms with Crippen molar-refractivity contribution in [1.82, 2.24) is 5.32 Å². The van der Waals surface area contributed by atoms with Crippen LogP contribution in [0.4, 0.5) is 0 Å². The number of nitrogens with two attached hydrogens (primary N) is 1. The Balaban J connectivity index is 1.95. The molecule has 1 aliphatic rings. The highest BCUT2D eigenvalue weighted by atomic mass is 32.2. The van der Waals surface area contributed by atoms with E-state index < -0.39 is 11.2 Å². The van der Waals surface area contributed by atoms with Gasteiger partial charge in [0.2, 0.25) is 5.91 Å². The van der Waals surface area contributed by atoms with E-state index in [0.29, 0.717) is 12.3 Å². The van der Waals surface area contributed by atoms with E-state index in [4.69, 9.17) is 11.0 Å². The lowest BCUT2D eigenvalue weighted by Gasteiger charge is -2.30. The zero-order valence-corrected chi connectivity index (χ0v) is 15.9. The Bertz CT molecular complexity index is 589. The van der Waals surface area contributed by atoms with Gasteiger partial charge < -0.3 is 15.6 Å². The fourth-order valence-electron chi connectivity index (χ4n) is 3.17. The highest BCUT2D eigenvalue weighted by Crippen LogP contribution is 2.33. The largest absolute Gasteiger partial charge is 0.611 e. The zero-order valence-electron chi connectivity index (χ0n) is 14.3. The summed E-state index contributed by atoms with van der Waals surface area (Å²) in [6.45, 7) is 0.669. The Morgan fingerprint density at radius 2 is 2.08 bits per heavy atom. The molecule has 2 rings (SSSR count). The van der Waals surface area contributed by atoms with Gasteiger partial charge in [-0.3, -0.25) is 4.79 Å². The van der Waals surface area contributed by atoms with E-state index in [-0.39, 0.29) is 24.3 Å². The Kier molecular flexibility index (Phi) is 8.62. The lowest BCUT2D eigenvalue weighted by Crippen LogP contribution is -2.39. The molecule has 7 heteroatoms. The summed E-state index contributed by atoms with van der Waals surface area (Å²) in [5, 5.41) is 11.3. The summed E-state index contributed by atoms with van der Waals surface area (Å²) in [5.41, 5.74) is 5.51. The van der Waals surface area contributed by atoms with Gasteiger partial charge in [-0.05, 0) is 48.3 Å². The Labute approximate surface area is 156 Å². The maximum atomic E-state index is 12.7. The summed E-state index contributed by atoms with van der Waals surface area (Å²) in [5.74, 6) is 1.27. The fourth-order valence-corrected chi connectivity index (χ4v) is 5.27. The van der Waals surface area contributed by atoms with Crippen molar-refractivity contribution in [1.29, 1.82) is 5.26 Å². The number of carbonyl (C=O) groups excluding carboxylic acids is 1. The highest BCUT2D eigenvalue weighted by molar-refractivity contribution is 7.99. The van der Waals surface area contributed by atoms with Crippen molar-refractivity contribution in [2.45, 2.75) is 35.5 Å². The molecule has 1 amide bonds. The molecule has 0 saturated heterocycles. The van der Waals surface area contributed by atoms with Crippen molar-refractivity contribution in [2.24, 2.45) is 17.6 Å². The van der Waals surface area contributed by atoms with Crippen molar-refractivity contribution in [3.05, 3.63) is 24.3 Å². The molecule has 3 N–H and O–H groups in total. The molecule has 1 aromatic rings. The van der Waals surface area contributed by atoms with Gasteiger partial charge in [-0.1, -0.05) is 12.8 Å². The maximum absolute atomic E-state index is 12.7. The van der Waals surface area contributed by atoms with Gasteiger partial charge in [0.1, 0.15) is 12.3 Å². The second kappa shape index (κ2) is 10.7. The van der Waals surface area contributed by atoms with Gasteiger partial charge >= 0.3 is 0 Å². The topological polar surface area (TPSA) is 102 Å². The summed E-state index contributed by atoms with van der Waals surface area (Å²) in [4.78, 5) is 14.2. The average molecular weight is 380 g/mol. The van der Waals surface area contributed by atoms with Crippen LogP contribution in [0.3, 0.4) is 0 Å². The van der Waals surface area contributed by atoms with Crippen LogP contribution in [-0.4, -0.2) is 35.1 Å². The molecular weight excluding hydrogens is 354 g/mol. The monoisotopic (exact) mass is 379 g/mol. The van der Waals surface area contributed by atoms with Crippen LogP contribution in [0.2, 0.25) is 0 Å². The molecule has 3 atom stereocenters. The molecule has 1 saturated carbocycles. The second-order valence-corrected chi connectivity index (χ2v) is 8.81. The second-order valence-electron chi connectivity index (χ2n) is 6.15. The SMILES string of the molecule is N#CCNC(=O)C1CCCCC1C[S+]([O-])c1ccc(SCCN)cc1. The lowest BCUT2D eigenvalue weighted by atomic mass is 9.80. The first-order valence-corrected chi connectivity index (χ1v) is 10.9. The van der Waals surface area contributed by atoms with E-state index in [1.165, 1.54) is 0 Å². The van der Waals surface area contributed by atoms with Gasteiger partial charge in [-0.25, -0.2) is 0 Å². The Morgan fingerprint density at radius 3 is 2.76 bits per heavy atom. The number of hydrogen-bond acceptors (Lipinski definition) is 5. The van der Waals surface area contributed by atoms with E-state index in [1.807, 2.05) is 30.3 Å². The van der Waals surface area contributed by atoms with Crippen molar-refractivity contribution in [3.8, 4) is 6.07 Å². The Hall–Kier alpha value is -1.20. The Morgan fingerprint density at radius 1 is 1.36 bits per heavy atom. The third-order valence-corrected chi connectivity index (χ3v) is 7.00. The first-order valence-electron chi connectivity index (χ1n) is 8.61.